The van der Waals surface area contributed by atoms with Gasteiger partial charge in [-0.05, 0) is 71.3 Å². The Balaban J connectivity index is 1.40. The van der Waals surface area contributed by atoms with Gasteiger partial charge < -0.3 is 44.7 Å². The zero-order valence-electron chi connectivity index (χ0n) is 27.5. The highest BCUT2D eigenvalue weighted by Gasteiger charge is 2.41. The fourth-order valence-corrected chi connectivity index (χ4v) is 7.05. The van der Waals surface area contributed by atoms with E-state index in [1.165, 1.54) is 14.0 Å². The number of aliphatic hydroxyl groups excluding tert-OH is 2. The van der Waals surface area contributed by atoms with Crippen LogP contribution in [0.2, 0.25) is 0 Å². The van der Waals surface area contributed by atoms with Crippen LogP contribution in [0, 0.1) is 0 Å². The van der Waals surface area contributed by atoms with Crippen LogP contribution in [0.25, 0.3) is 11.1 Å². The summed E-state index contributed by atoms with van der Waals surface area (Å²) in [5.74, 6) is 0.956. The van der Waals surface area contributed by atoms with Gasteiger partial charge in [0.05, 0.1) is 33.4 Å². The molecule has 0 fully saturated rings. The van der Waals surface area contributed by atoms with Crippen LogP contribution in [0.15, 0.2) is 54.6 Å². The number of phenolic OH excluding ortho intramolecular Hbond substituents is 2. The van der Waals surface area contributed by atoms with E-state index in [0.29, 0.717) is 25.1 Å². The molecule has 0 saturated heterocycles. The number of phenols is 2. The highest BCUT2D eigenvalue weighted by molar-refractivity contribution is 5.82. The topological polar surface area (TPSA) is 147 Å². The summed E-state index contributed by atoms with van der Waals surface area (Å²) in [7, 11) is 3.07. The molecule has 0 saturated carbocycles. The van der Waals surface area contributed by atoms with Crippen molar-refractivity contribution < 1.29 is 44.2 Å². The summed E-state index contributed by atoms with van der Waals surface area (Å²) in [4.78, 5) is 12.1. The molecule has 0 amide bonds. The van der Waals surface area contributed by atoms with Gasteiger partial charge in [0.1, 0.15) is 30.0 Å². The van der Waals surface area contributed by atoms with E-state index in [1.54, 1.807) is 37.4 Å². The molecule has 0 unspecified atom stereocenters. The summed E-state index contributed by atoms with van der Waals surface area (Å²) in [6, 6.07) is 16.1. The van der Waals surface area contributed by atoms with E-state index >= 15 is 0 Å². The van der Waals surface area contributed by atoms with E-state index in [0.717, 1.165) is 61.4 Å². The average molecular weight is 656 g/mol. The normalized spacial score (nSPS) is 16.7. The number of methoxy groups -OCH3 is 2. The van der Waals surface area contributed by atoms with Gasteiger partial charge in [0.15, 0.2) is 11.5 Å². The second-order valence-corrected chi connectivity index (χ2v) is 12.3. The number of hydrogen-bond donors (Lipinski definition) is 5. The number of aliphatic hydroxyl groups is 2. The molecule has 48 heavy (non-hydrogen) atoms. The van der Waals surface area contributed by atoms with Crippen molar-refractivity contribution in [3.05, 3.63) is 99.1 Å². The maximum absolute atomic E-state index is 12.1. The number of hydrogen-bond acceptors (Lipinski definition) is 10. The Morgan fingerprint density at radius 1 is 0.938 bits per heavy atom. The zero-order valence-corrected chi connectivity index (χ0v) is 27.5. The minimum atomic E-state index is -0.582. The number of aromatic hydroxyl groups is 2. The first-order valence-corrected chi connectivity index (χ1v) is 16.0. The molecule has 2 aliphatic rings. The number of nitrogens with one attached hydrogen (secondary N) is 1. The molecule has 0 aromatic heterocycles. The Labute approximate surface area is 279 Å². The van der Waals surface area contributed by atoms with Crippen molar-refractivity contribution in [1.82, 2.24) is 5.32 Å². The third-order valence-electron chi connectivity index (χ3n) is 9.44. The Bertz CT molecular complexity index is 1840. The van der Waals surface area contributed by atoms with Crippen LogP contribution in [0.1, 0.15) is 76.4 Å². The predicted molar refractivity (Wildman–Crippen MR) is 178 cm³/mol. The fraction of sp³-hybridized carbons (Fsp3) is 0.342. The van der Waals surface area contributed by atoms with Gasteiger partial charge in [-0.2, -0.15) is 0 Å². The summed E-state index contributed by atoms with van der Waals surface area (Å²) < 4.78 is 23.7. The van der Waals surface area contributed by atoms with E-state index < -0.39 is 12.1 Å². The number of fused-ring (bicyclic) bond motifs is 5. The van der Waals surface area contributed by atoms with Gasteiger partial charge in [0, 0.05) is 47.8 Å². The van der Waals surface area contributed by atoms with Crippen LogP contribution in [-0.4, -0.2) is 47.2 Å². The molecule has 252 valence electrons. The minimum Gasteiger partial charge on any atom is -0.508 e. The van der Waals surface area contributed by atoms with Crippen LogP contribution < -0.4 is 19.5 Å². The number of benzene rings is 4. The molecule has 10 heteroatoms. The van der Waals surface area contributed by atoms with Gasteiger partial charge in [-0.1, -0.05) is 30.3 Å². The average Bonchev–Trinajstić information content (AvgIpc) is 3.47. The number of carbonyl (C=O) groups is 1. The van der Waals surface area contributed by atoms with Gasteiger partial charge in [0.2, 0.25) is 0 Å². The van der Waals surface area contributed by atoms with Crippen molar-refractivity contribution in [1.29, 1.82) is 0 Å². The third-order valence-corrected chi connectivity index (χ3v) is 9.44. The Morgan fingerprint density at radius 3 is 2.44 bits per heavy atom. The molecular formula is C38H41NO9. The first-order valence-electron chi connectivity index (χ1n) is 16.0. The molecule has 1 heterocycles. The van der Waals surface area contributed by atoms with Crippen molar-refractivity contribution in [2.75, 3.05) is 20.8 Å². The smallest absolute Gasteiger partial charge is 0.302 e. The Morgan fingerprint density at radius 2 is 1.73 bits per heavy atom. The summed E-state index contributed by atoms with van der Waals surface area (Å²) in [5.41, 5.74) is 8.66. The minimum absolute atomic E-state index is 0.0274. The van der Waals surface area contributed by atoms with Gasteiger partial charge >= 0.3 is 5.97 Å². The molecule has 4 aromatic rings. The zero-order chi connectivity index (χ0) is 34.1. The number of rotatable bonds is 11. The van der Waals surface area contributed by atoms with Crippen molar-refractivity contribution >= 4 is 5.97 Å². The SMILES string of the molecule is COc1cc([C@@H]2Oc3c(ccc4c3CCc3cc(O)cc(OC)c3-4)[C@@H]2COC(C)=O)c(CN[C@H](C)c2cc(CO)ccc2CO)cc1O. The van der Waals surface area contributed by atoms with Crippen LogP contribution >= 0.6 is 0 Å². The van der Waals surface area contributed by atoms with E-state index in [2.05, 4.69) is 5.32 Å². The number of esters is 1. The van der Waals surface area contributed by atoms with Gasteiger partial charge in [-0.15, -0.1) is 0 Å². The molecule has 3 atom stereocenters. The van der Waals surface area contributed by atoms with E-state index in [9.17, 15) is 25.2 Å². The van der Waals surface area contributed by atoms with Gasteiger partial charge in [0.25, 0.3) is 0 Å². The standard InChI is InChI=1S/C38H41NO9/c1-20(30-11-22(17-40)5-6-24(30)18-41)39-16-25-13-33(44)34(45-3)15-31(25)38-32(19-47-21(2)42)29-10-9-27-28(37(29)48-38)8-7-23-12-26(43)14-35(46-4)36(23)27/h5-6,9-15,20,32,38-41,43-44H,7-8,16-19H2,1-4H3/t20-,32+,38+/m1/s1. The van der Waals surface area contributed by atoms with Crippen molar-refractivity contribution in [2.45, 2.75) is 64.5 Å². The number of carbonyl (C=O) groups excluding carboxylic acids is 1. The molecule has 0 radical (unpaired) electrons. The van der Waals surface area contributed by atoms with Crippen molar-refractivity contribution in [2.24, 2.45) is 0 Å². The van der Waals surface area contributed by atoms with E-state index in [-0.39, 0.29) is 49.0 Å². The van der Waals surface area contributed by atoms with Crippen molar-refractivity contribution in [3.63, 3.8) is 0 Å². The first-order chi connectivity index (χ1) is 23.2. The predicted octanol–water partition coefficient (Wildman–Crippen LogP) is 5.50. The fourth-order valence-electron chi connectivity index (χ4n) is 7.05. The summed E-state index contributed by atoms with van der Waals surface area (Å²) in [6.07, 6.45) is 0.775. The molecule has 6 rings (SSSR count). The summed E-state index contributed by atoms with van der Waals surface area (Å²) >= 11 is 0. The quantitative estimate of drug-likeness (QED) is 0.131. The van der Waals surface area contributed by atoms with Crippen LogP contribution in [0.3, 0.4) is 0 Å². The van der Waals surface area contributed by atoms with Crippen molar-refractivity contribution in [3.8, 4) is 39.9 Å². The maximum Gasteiger partial charge on any atom is 0.302 e. The second kappa shape index (κ2) is 13.8. The van der Waals surface area contributed by atoms with Crippen LogP contribution in [0.5, 0.6) is 28.7 Å². The molecule has 0 bridgehead atoms. The van der Waals surface area contributed by atoms with Gasteiger partial charge in [-0.25, -0.2) is 0 Å². The molecular weight excluding hydrogens is 614 g/mol. The Kier molecular flexibility index (Phi) is 9.50. The lowest BCUT2D eigenvalue weighted by molar-refractivity contribution is -0.141. The highest BCUT2D eigenvalue weighted by Crippen LogP contribution is 2.54. The van der Waals surface area contributed by atoms with E-state index in [4.69, 9.17) is 18.9 Å². The maximum atomic E-state index is 12.1. The first kappa shape index (κ1) is 33.1. The van der Waals surface area contributed by atoms with Crippen LogP contribution in [0.4, 0.5) is 0 Å². The third kappa shape index (κ3) is 6.14. The lowest BCUT2D eigenvalue weighted by Crippen LogP contribution is -2.23. The number of aryl methyl sites for hydroxylation is 1. The second-order valence-electron chi connectivity index (χ2n) is 12.3. The number of ether oxygens (including phenoxy) is 4. The molecule has 4 aromatic carbocycles. The molecule has 10 nitrogen and oxygen atoms in total. The molecule has 1 aliphatic carbocycles. The van der Waals surface area contributed by atoms with E-state index in [1.807, 2.05) is 31.2 Å². The Hall–Kier alpha value is -4.77. The van der Waals surface area contributed by atoms with Gasteiger partial charge in [-0.3, -0.25) is 4.79 Å². The van der Waals surface area contributed by atoms with Crippen LogP contribution in [-0.2, 0) is 42.1 Å². The summed E-state index contributed by atoms with van der Waals surface area (Å²) in [5, 5.41) is 44.4. The molecule has 5 N–H and O–H groups in total. The molecule has 0 spiro atoms. The highest BCUT2D eigenvalue weighted by atomic mass is 16.5. The lowest BCUT2D eigenvalue weighted by atomic mass is 9.81. The monoisotopic (exact) mass is 655 g/mol. The lowest BCUT2D eigenvalue weighted by Gasteiger charge is -2.25. The summed E-state index contributed by atoms with van der Waals surface area (Å²) in [6.45, 7) is 3.50. The largest absolute Gasteiger partial charge is 0.508 e. The molecule has 1 aliphatic heterocycles.